The third-order valence-corrected chi connectivity index (χ3v) is 5.10. The van der Waals surface area contributed by atoms with E-state index in [4.69, 9.17) is 9.52 Å². The second-order valence-electron chi connectivity index (χ2n) is 3.91. The molecule has 0 aromatic carbocycles. The topological polar surface area (TPSA) is 96.6 Å². The lowest BCUT2D eigenvalue weighted by Gasteiger charge is -2.32. The smallest absolute Gasteiger partial charge is 0.306 e. The number of rotatable bonds is 4. The van der Waals surface area contributed by atoms with Crippen LogP contribution >= 0.6 is 15.9 Å². The Kier molecular flexibility index (Phi) is 3.28. The van der Waals surface area contributed by atoms with E-state index in [9.17, 15) is 13.2 Å². The summed E-state index contributed by atoms with van der Waals surface area (Å²) >= 11 is 3.06. The van der Waals surface area contributed by atoms with Gasteiger partial charge in [-0.1, -0.05) is 0 Å². The lowest BCUT2D eigenvalue weighted by molar-refractivity contribution is -0.145. The van der Waals surface area contributed by atoms with E-state index in [2.05, 4.69) is 20.7 Å². The van der Waals surface area contributed by atoms with E-state index in [1.165, 1.54) is 6.26 Å². The monoisotopic (exact) mass is 323 g/mol. The summed E-state index contributed by atoms with van der Waals surface area (Å²) in [5.74, 6) is -1.33. The highest BCUT2D eigenvalue weighted by Gasteiger charge is 2.37. The first kappa shape index (κ1) is 12.6. The maximum absolute atomic E-state index is 11.8. The zero-order chi connectivity index (χ0) is 12.6. The van der Waals surface area contributed by atoms with E-state index in [-0.39, 0.29) is 10.9 Å². The third-order valence-electron chi connectivity index (χ3n) is 2.68. The molecule has 94 valence electrons. The number of furan rings is 1. The zero-order valence-electron chi connectivity index (χ0n) is 8.59. The van der Waals surface area contributed by atoms with Gasteiger partial charge in [-0.3, -0.25) is 4.79 Å². The van der Waals surface area contributed by atoms with Crippen molar-refractivity contribution in [1.29, 1.82) is 0 Å². The van der Waals surface area contributed by atoms with Crippen molar-refractivity contribution in [2.75, 3.05) is 0 Å². The van der Waals surface area contributed by atoms with E-state index in [1.54, 1.807) is 0 Å². The van der Waals surface area contributed by atoms with Gasteiger partial charge in [-0.25, -0.2) is 13.1 Å². The highest BCUT2D eigenvalue weighted by atomic mass is 79.9. The van der Waals surface area contributed by atoms with E-state index in [0.717, 1.165) is 6.26 Å². The molecule has 17 heavy (non-hydrogen) atoms. The van der Waals surface area contributed by atoms with Crippen molar-refractivity contribution in [2.24, 2.45) is 5.92 Å². The van der Waals surface area contributed by atoms with Crippen molar-refractivity contribution in [3.63, 3.8) is 0 Å². The Balaban J connectivity index is 2.01. The van der Waals surface area contributed by atoms with Crippen LogP contribution in [0, 0.1) is 5.92 Å². The van der Waals surface area contributed by atoms with Gasteiger partial charge >= 0.3 is 5.97 Å². The number of hydrogen-bond donors (Lipinski definition) is 2. The number of halogens is 1. The number of carboxylic acid groups (broad SMARTS) is 1. The molecule has 1 aromatic heterocycles. The molecule has 1 fully saturated rings. The second-order valence-corrected chi connectivity index (χ2v) is 6.45. The van der Waals surface area contributed by atoms with Crippen molar-refractivity contribution in [3.8, 4) is 0 Å². The van der Waals surface area contributed by atoms with Gasteiger partial charge in [0.05, 0.1) is 10.4 Å². The SMILES string of the molecule is O=C(O)C1CC(NS(=O)(=O)c2cocc2Br)C1. The van der Waals surface area contributed by atoms with Crippen LogP contribution in [-0.2, 0) is 14.8 Å². The minimum atomic E-state index is -3.64. The van der Waals surface area contributed by atoms with Gasteiger partial charge < -0.3 is 9.52 Å². The molecule has 0 amide bonds. The Morgan fingerprint density at radius 3 is 2.59 bits per heavy atom. The molecule has 1 saturated carbocycles. The van der Waals surface area contributed by atoms with Gasteiger partial charge in [0.25, 0.3) is 0 Å². The molecule has 1 heterocycles. The van der Waals surface area contributed by atoms with Crippen LogP contribution in [0.3, 0.4) is 0 Å². The predicted molar refractivity (Wildman–Crippen MR) is 60.9 cm³/mol. The highest BCUT2D eigenvalue weighted by Crippen LogP contribution is 2.30. The Morgan fingerprint density at radius 2 is 2.12 bits per heavy atom. The molecule has 0 bridgehead atoms. The van der Waals surface area contributed by atoms with Crippen molar-refractivity contribution in [3.05, 3.63) is 17.0 Å². The normalized spacial score (nSPS) is 24.3. The number of nitrogens with one attached hydrogen (secondary N) is 1. The van der Waals surface area contributed by atoms with Crippen LogP contribution in [-0.4, -0.2) is 25.5 Å². The molecule has 0 radical (unpaired) electrons. The van der Waals surface area contributed by atoms with E-state index in [0.29, 0.717) is 17.3 Å². The average Bonchev–Trinajstić information content (AvgIpc) is 2.57. The maximum Gasteiger partial charge on any atom is 0.306 e. The number of carboxylic acids is 1. The zero-order valence-corrected chi connectivity index (χ0v) is 11.0. The molecule has 0 saturated heterocycles. The standard InChI is InChI=1S/C9H10BrNO5S/c10-7-3-16-4-8(7)17(14,15)11-6-1-5(2-6)9(12)13/h3-6,11H,1-2H2,(H,12,13). The summed E-state index contributed by atoms with van der Waals surface area (Å²) in [6.07, 6.45) is 3.04. The Morgan fingerprint density at radius 1 is 1.47 bits per heavy atom. The Hall–Kier alpha value is -0.860. The molecule has 2 N–H and O–H groups in total. The summed E-state index contributed by atoms with van der Waals surface area (Å²) in [6, 6.07) is -0.317. The minimum absolute atomic E-state index is 0.0243. The number of sulfonamides is 1. The lowest BCUT2D eigenvalue weighted by atomic mass is 9.81. The van der Waals surface area contributed by atoms with E-state index >= 15 is 0 Å². The first-order valence-electron chi connectivity index (χ1n) is 4.87. The molecule has 1 aliphatic rings. The van der Waals surface area contributed by atoms with Gasteiger partial charge in [-0.05, 0) is 28.8 Å². The summed E-state index contributed by atoms with van der Waals surface area (Å²) in [5, 5.41) is 8.68. The maximum atomic E-state index is 11.8. The summed E-state index contributed by atoms with van der Waals surface area (Å²) in [4.78, 5) is 10.6. The number of hydrogen-bond acceptors (Lipinski definition) is 4. The van der Waals surface area contributed by atoms with Crippen molar-refractivity contribution < 1.29 is 22.7 Å². The van der Waals surface area contributed by atoms with Crippen molar-refractivity contribution in [1.82, 2.24) is 4.72 Å². The fourth-order valence-corrected chi connectivity index (χ4v) is 3.75. The van der Waals surface area contributed by atoms with Crippen LogP contribution in [0.5, 0.6) is 0 Å². The van der Waals surface area contributed by atoms with Crippen molar-refractivity contribution in [2.45, 2.75) is 23.8 Å². The van der Waals surface area contributed by atoms with E-state index in [1.807, 2.05) is 0 Å². The molecule has 6 nitrogen and oxygen atoms in total. The molecule has 0 unspecified atom stereocenters. The summed E-state index contributed by atoms with van der Waals surface area (Å²) < 4.78 is 31.2. The second kappa shape index (κ2) is 4.43. The quantitative estimate of drug-likeness (QED) is 0.867. The van der Waals surface area contributed by atoms with Crippen LogP contribution in [0.15, 0.2) is 26.3 Å². The predicted octanol–water partition coefficient (Wildman–Crippen LogP) is 1.18. The molecular formula is C9H10BrNO5S. The largest absolute Gasteiger partial charge is 0.481 e. The molecule has 8 heteroatoms. The summed E-state index contributed by atoms with van der Waals surface area (Å²) in [7, 11) is -3.64. The Bertz CT molecular complexity index is 531. The molecule has 0 atom stereocenters. The molecule has 2 rings (SSSR count). The van der Waals surface area contributed by atoms with Gasteiger partial charge in [0, 0.05) is 6.04 Å². The molecule has 1 aliphatic carbocycles. The summed E-state index contributed by atoms with van der Waals surface area (Å²) in [6.45, 7) is 0. The highest BCUT2D eigenvalue weighted by molar-refractivity contribution is 9.10. The number of aliphatic carboxylic acids is 1. The molecular weight excluding hydrogens is 314 g/mol. The average molecular weight is 324 g/mol. The minimum Gasteiger partial charge on any atom is -0.481 e. The van der Waals surface area contributed by atoms with Gasteiger partial charge in [0.15, 0.2) is 0 Å². The van der Waals surface area contributed by atoms with Gasteiger partial charge in [-0.15, -0.1) is 0 Å². The lowest BCUT2D eigenvalue weighted by Crippen LogP contribution is -2.46. The van der Waals surface area contributed by atoms with E-state index < -0.39 is 21.9 Å². The molecule has 1 aromatic rings. The first-order valence-corrected chi connectivity index (χ1v) is 7.14. The molecule has 0 spiro atoms. The van der Waals surface area contributed by atoms with Gasteiger partial charge in [0.2, 0.25) is 10.0 Å². The van der Waals surface area contributed by atoms with Crippen LogP contribution in [0.1, 0.15) is 12.8 Å². The fraction of sp³-hybridized carbons (Fsp3) is 0.444. The Labute approximate surface area is 106 Å². The van der Waals surface area contributed by atoms with Crippen LogP contribution < -0.4 is 4.72 Å². The number of carbonyl (C=O) groups is 1. The van der Waals surface area contributed by atoms with Crippen LogP contribution in [0.4, 0.5) is 0 Å². The van der Waals surface area contributed by atoms with Crippen molar-refractivity contribution >= 4 is 31.9 Å². The van der Waals surface area contributed by atoms with Gasteiger partial charge in [-0.2, -0.15) is 0 Å². The summed E-state index contributed by atoms with van der Waals surface area (Å²) in [5.41, 5.74) is 0. The fourth-order valence-electron chi connectivity index (χ4n) is 1.66. The van der Waals surface area contributed by atoms with Crippen LogP contribution in [0.2, 0.25) is 0 Å². The first-order chi connectivity index (χ1) is 7.90. The van der Waals surface area contributed by atoms with Gasteiger partial charge in [0.1, 0.15) is 17.4 Å². The van der Waals surface area contributed by atoms with Crippen LogP contribution in [0.25, 0.3) is 0 Å². The molecule has 0 aliphatic heterocycles. The third kappa shape index (κ3) is 2.53.